The molecule has 1 atom stereocenters. The highest BCUT2D eigenvalue weighted by molar-refractivity contribution is 9.09. The van der Waals surface area contributed by atoms with Gasteiger partial charge in [0.1, 0.15) is 5.82 Å². The van der Waals surface area contributed by atoms with Gasteiger partial charge in [-0.1, -0.05) is 51.8 Å². The average molecular weight is 293 g/mol. The molecule has 0 aliphatic heterocycles. The molecular weight excluding hydrogens is 279 g/mol. The lowest BCUT2D eigenvalue weighted by molar-refractivity contribution is 0.627. The Labute approximate surface area is 110 Å². The Morgan fingerprint density at radius 2 is 1.65 bits per heavy atom. The van der Waals surface area contributed by atoms with Crippen LogP contribution >= 0.6 is 15.9 Å². The van der Waals surface area contributed by atoms with Crippen LogP contribution in [-0.4, -0.2) is 0 Å². The van der Waals surface area contributed by atoms with E-state index in [0.29, 0.717) is 0 Å². The first-order valence-electron chi connectivity index (χ1n) is 5.54. The quantitative estimate of drug-likeness (QED) is 0.689. The van der Waals surface area contributed by atoms with E-state index in [4.69, 9.17) is 0 Å². The van der Waals surface area contributed by atoms with Gasteiger partial charge in [0.15, 0.2) is 0 Å². The molecule has 17 heavy (non-hydrogen) atoms. The van der Waals surface area contributed by atoms with Gasteiger partial charge in [-0.25, -0.2) is 4.39 Å². The maximum Gasteiger partial charge on any atom is 0.123 e. The first-order valence-corrected chi connectivity index (χ1v) is 6.46. The third-order valence-corrected chi connectivity index (χ3v) is 3.88. The van der Waals surface area contributed by atoms with E-state index in [0.717, 1.165) is 5.56 Å². The summed E-state index contributed by atoms with van der Waals surface area (Å²) in [6.07, 6.45) is 0. The van der Waals surface area contributed by atoms with Crippen LogP contribution < -0.4 is 0 Å². The highest BCUT2D eigenvalue weighted by Gasteiger charge is 2.12. The number of benzene rings is 2. The topological polar surface area (TPSA) is 0 Å². The second-order valence-corrected chi connectivity index (χ2v) is 5.19. The summed E-state index contributed by atoms with van der Waals surface area (Å²) in [5, 5.41) is 0. The predicted molar refractivity (Wildman–Crippen MR) is 73.1 cm³/mol. The number of aryl methyl sites for hydroxylation is 2. The minimum atomic E-state index is -0.200. The molecule has 0 fully saturated rings. The normalized spacial score (nSPS) is 12.5. The third kappa shape index (κ3) is 2.75. The van der Waals surface area contributed by atoms with E-state index in [-0.39, 0.29) is 10.6 Å². The Kier molecular flexibility index (Phi) is 3.63. The first-order chi connectivity index (χ1) is 8.08. The molecule has 0 nitrogen and oxygen atoms in total. The summed E-state index contributed by atoms with van der Waals surface area (Å²) in [6.45, 7) is 4.18. The van der Waals surface area contributed by atoms with Crippen LogP contribution in [0.3, 0.4) is 0 Å². The Hall–Kier alpha value is -1.15. The minimum absolute atomic E-state index is 0.115. The van der Waals surface area contributed by atoms with Crippen molar-refractivity contribution in [1.29, 1.82) is 0 Å². The van der Waals surface area contributed by atoms with Crippen LogP contribution in [0.15, 0.2) is 42.5 Å². The van der Waals surface area contributed by atoms with Gasteiger partial charge in [-0.3, -0.25) is 0 Å². The Bertz CT molecular complexity index is 517. The number of rotatable bonds is 2. The van der Waals surface area contributed by atoms with E-state index < -0.39 is 0 Å². The Balaban J connectivity index is 2.36. The van der Waals surface area contributed by atoms with Crippen LogP contribution in [0.25, 0.3) is 0 Å². The molecule has 2 aromatic rings. The van der Waals surface area contributed by atoms with Crippen molar-refractivity contribution in [3.8, 4) is 0 Å². The molecule has 0 spiro atoms. The van der Waals surface area contributed by atoms with Crippen molar-refractivity contribution < 1.29 is 4.39 Å². The fraction of sp³-hybridized carbons (Fsp3) is 0.200. The highest BCUT2D eigenvalue weighted by Crippen LogP contribution is 2.33. The standard InChI is InChI=1S/C15H14BrF/c1-10-3-8-14(11(2)9-10)15(16)12-4-6-13(17)7-5-12/h3-9,15H,1-2H3. The summed E-state index contributed by atoms with van der Waals surface area (Å²) >= 11 is 3.67. The minimum Gasteiger partial charge on any atom is -0.207 e. The third-order valence-electron chi connectivity index (χ3n) is 2.86. The highest BCUT2D eigenvalue weighted by atomic mass is 79.9. The zero-order chi connectivity index (χ0) is 12.4. The maximum atomic E-state index is 12.9. The van der Waals surface area contributed by atoms with E-state index in [1.165, 1.54) is 28.8 Å². The van der Waals surface area contributed by atoms with E-state index in [9.17, 15) is 4.39 Å². The van der Waals surface area contributed by atoms with Gasteiger partial charge in [-0.2, -0.15) is 0 Å². The molecule has 0 aromatic heterocycles. The molecule has 0 saturated heterocycles. The van der Waals surface area contributed by atoms with Gasteiger partial charge in [0.25, 0.3) is 0 Å². The summed E-state index contributed by atoms with van der Waals surface area (Å²) in [6, 6.07) is 13.0. The molecule has 2 heteroatoms. The lowest BCUT2D eigenvalue weighted by atomic mass is 9.99. The van der Waals surface area contributed by atoms with E-state index in [2.05, 4.69) is 48.0 Å². The molecule has 0 aliphatic rings. The van der Waals surface area contributed by atoms with Gasteiger partial charge >= 0.3 is 0 Å². The number of halogens is 2. The Morgan fingerprint density at radius 1 is 1.00 bits per heavy atom. The molecule has 0 N–H and O–H groups in total. The zero-order valence-electron chi connectivity index (χ0n) is 9.87. The van der Waals surface area contributed by atoms with Gasteiger partial charge in [-0.05, 0) is 42.7 Å². The molecule has 0 amide bonds. The van der Waals surface area contributed by atoms with Gasteiger partial charge in [-0.15, -0.1) is 0 Å². The van der Waals surface area contributed by atoms with E-state index in [1.54, 1.807) is 0 Å². The van der Waals surface area contributed by atoms with Gasteiger partial charge in [0, 0.05) is 0 Å². The zero-order valence-corrected chi connectivity index (χ0v) is 11.5. The Morgan fingerprint density at radius 3 is 2.24 bits per heavy atom. The van der Waals surface area contributed by atoms with Crippen molar-refractivity contribution >= 4 is 15.9 Å². The number of alkyl halides is 1. The van der Waals surface area contributed by atoms with Gasteiger partial charge in [0.05, 0.1) is 4.83 Å². The summed E-state index contributed by atoms with van der Waals surface area (Å²) in [5.74, 6) is -0.200. The maximum absolute atomic E-state index is 12.9. The van der Waals surface area contributed by atoms with E-state index >= 15 is 0 Å². The van der Waals surface area contributed by atoms with Gasteiger partial charge in [0.2, 0.25) is 0 Å². The van der Waals surface area contributed by atoms with Crippen molar-refractivity contribution in [3.05, 3.63) is 70.5 Å². The molecule has 0 saturated carbocycles. The summed E-state index contributed by atoms with van der Waals surface area (Å²) in [5.41, 5.74) is 4.79. The molecule has 2 aromatic carbocycles. The first kappa shape index (κ1) is 12.3. The van der Waals surface area contributed by atoms with Crippen LogP contribution in [0, 0.1) is 19.7 Å². The number of hydrogen-bond acceptors (Lipinski definition) is 0. The van der Waals surface area contributed by atoms with Crippen molar-refractivity contribution in [1.82, 2.24) is 0 Å². The van der Waals surface area contributed by atoms with Crippen LogP contribution in [0.2, 0.25) is 0 Å². The van der Waals surface area contributed by atoms with E-state index in [1.807, 2.05) is 12.1 Å². The van der Waals surface area contributed by atoms with Crippen molar-refractivity contribution in [2.24, 2.45) is 0 Å². The molecule has 2 rings (SSSR count). The molecule has 0 heterocycles. The molecule has 1 unspecified atom stereocenters. The second-order valence-electron chi connectivity index (χ2n) is 4.27. The lowest BCUT2D eigenvalue weighted by Crippen LogP contribution is -1.96. The molecule has 88 valence electrons. The second kappa shape index (κ2) is 5.01. The fourth-order valence-corrected chi connectivity index (χ4v) is 2.74. The molecule has 0 bridgehead atoms. The molecule has 0 aliphatic carbocycles. The fourth-order valence-electron chi connectivity index (χ4n) is 1.92. The van der Waals surface area contributed by atoms with Crippen molar-refractivity contribution in [2.45, 2.75) is 18.7 Å². The smallest absolute Gasteiger partial charge is 0.123 e. The van der Waals surface area contributed by atoms with Crippen molar-refractivity contribution in [2.75, 3.05) is 0 Å². The lowest BCUT2D eigenvalue weighted by Gasteiger charge is -2.14. The average Bonchev–Trinajstić information content (AvgIpc) is 2.29. The van der Waals surface area contributed by atoms with Gasteiger partial charge < -0.3 is 0 Å². The van der Waals surface area contributed by atoms with Crippen LogP contribution in [-0.2, 0) is 0 Å². The molecular formula is C15H14BrF. The summed E-state index contributed by atoms with van der Waals surface area (Å²) in [4.78, 5) is 0.115. The monoisotopic (exact) mass is 292 g/mol. The van der Waals surface area contributed by atoms with Crippen molar-refractivity contribution in [3.63, 3.8) is 0 Å². The summed E-state index contributed by atoms with van der Waals surface area (Å²) in [7, 11) is 0. The number of hydrogen-bond donors (Lipinski definition) is 0. The largest absolute Gasteiger partial charge is 0.207 e. The predicted octanol–water partition coefficient (Wildman–Crippen LogP) is 4.93. The SMILES string of the molecule is Cc1ccc(C(Br)c2ccc(F)cc2)c(C)c1. The van der Waals surface area contributed by atoms with Crippen LogP contribution in [0.5, 0.6) is 0 Å². The van der Waals surface area contributed by atoms with Crippen LogP contribution in [0.4, 0.5) is 4.39 Å². The summed E-state index contributed by atoms with van der Waals surface area (Å²) < 4.78 is 12.9. The van der Waals surface area contributed by atoms with Crippen LogP contribution in [0.1, 0.15) is 27.1 Å². The molecule has 0 radical (unpaired) electrons.